The lowest BCUT2D eigenvalue weighted by molar-refractivity contribution is -0.128. The Hall–Kier alpha value is -1.16. The number of Topliss-reactive ketones (excluding diaryl/α,β-unsaturated/α-hetero) is 1. The van der Waals surface area contributed by atoms with Gasteiger partial charge in [0.05, 0.1) is 0 Å². The van der Waals surface area contributed by atoms with Gasteiger partial charge in [-0.15, -0.1) is 0 Å². The fourth-order valence-corrected chi connectivity index (χ4v) is 2.63. The van der Waals surface area contributed by atoms with Crippen LogP contribution in [0.4, 0.5) is 0 Å². The maximum atomic E-state index is 12.3. The van der Waals surface area contributed by atoms with E-state index in [-0.39, 0.29) is 5.41 Å². The number of aryl methyl sites for hydroxylation is 2. The summed E-state index contributed by atoms with van der Waals surface area (Å²) in [6.07, 6.45) is 5.16. The molecule has 1 saturated heterocycles. The summed E-state index contributed by atoms with van der Waals surface area (Å²) < 4.78 is 1.85. The van der Waals surface area contributed by atoms with Crippen LogP contribution in [0.1, 0.15) is 31.9 Å². The third kappa shape index (κ3) is 2.41. The van der Waals surface area contributed by atoms with E-state index in [1.165, 1.54) is 0 Å². The molecule has 1 aromatic heterocycles. The van der Waals surface area contributed by atoms with Gasteiger partial charge in [0, 0.05) is 37.3 Å². The zero-order chi connectivity index (χ0) is 12.3. The third-order valence-electron chi connectivity index (χ3n) is 4.04. The molecule has 1 aliphatic rings. The van der Waals surface area contributed by atoms with Gasteiger partial charge in [0.15, 0.2) is 0 Å². The summed E-state index contributed by atoms with van der Waals surface area (Å²) in [4.78, 5) is 12.3. The highest BCUT2D eigenvalue weighted by Gasteiger charge is 2.38. The number of aromatic nitrogens is 2. The number of carbonyl (C=O) groups excluding carboxylic acids is 1. The second kappa shape index (κ2) is 5.00. The van der Waals surface area contributed by atoms with Gasteiger partial charge < -0.3 is 5.32 Å². The lowest BCUT2D eigenvalue weighted by Crippen LogP contribution is -2.33. The van der Waals surface area contributed by atoms with Crippen molar-refractivity contribution in [3.8, 4) is 0 Å². The molecule has 1 atom stereocenters. The van der Waals surface area contributed by atoms with E-state index in [9.17, 15) is 4.79 Å². The molecule has 0 amide bonds. The van der Waals surface area contributed by atoms with Gasteiger partial charge in [0.25, 0.3) is 0 Å². The van der Waals surface area contributed by atoms with Gasteiger partial charge in [-0.2, -0.15) is 5.10 Å². The number of ketones is 1. The molecule has 1 unspecified atom stereocenters. The third-order valence-corrected chi connectivity index (χ3v) is 4.04. The molecular weight excluding hydrogens is 214 g/mol. The second-order valence-corrected chi connectivity index (χ2v) is 4.93. The van der Waals surface area contributed by atoms with Crippen LogP contribution in [0, 0.1) is 5.41 Å². The molecule has 2 heterocycles. The largest absolute Gasteiger partial charge is 0.316 e. The quantitative estimate of drug-likeness (QED) is 0.837. The normalized spacial score (nSPS) is 24.1. The van der Waals surface area contributed by atoms with Crippen LogP contribution in [0.15, 0.2) is 12.3 Å². The highest BCUT2D eigenvalue weighted by Crippen LogP contribution is 2.32. The van der Waals surface area contributed by atoms with Crippen LogP contribution in [0.5, 0.6) is 0 Å². The Morgan fingerprint density at radius 1 is 1.65 bits per heavy atom. The minimum absolute atomic E-state index is 0.0986. The van der Waals surface area contributed by atoms with Gasteiger partial charge in [-0.05, 0) is 31.9 Å². The molecular formula is C13H21N3O. The Morgan fingerprint density at radius 2 is 2.47 bits per heavy atom. The van der Waals surface area contributed by atoms with Crippen molar-refractivity contribution in [1.29, 1.82) is 0 Å². The van der Waals surface area contributed by atoms with E-state index in [1.54, 1.807) is 6.20 Å². The standard InChI is InChI=1S/C13H21N3O/c1-3-13(7-9-14-10-13)12(17)5-4-11-6-8-15-16(11)2/h6,8,14H,3-5,7,9-10H2,1-2H3. The Morgan fingerprint density at radius 3 is 3.00 bits per heavy atom. The van der Waals surface area contributed by atoms with E-state index in [1.807, 2.05) is 17.8 Å². The Labute approximate surface area is 102 Å². The highest BCUT2D eigenvalue weighted by molar-refractivity contribution is 5.85. The van der Waals surface area contributed by atoms with Gasteiger partial charge in [0.1, 0.15) is 5.78 Å². The molecule has 1 aliphatic heterocycles. The molecule has 94 valence electrons. The zero-order valence-corrected chi connectivity index (χ0v) is 10.7. The number of hydrogen-bond donors (Lipinski definition) is 1. The molecule has 4 heteroatoms. The molecule has 0 spiro atoms. The maximum absolute atomic E-state index is 12.3. The van der Waals surface area contributed by atoms with Crippen LogP contribution < -0.4 is 5.32 Å². The maximum Gasteiger partial charge on any atom is 0.140 e. The fraction of sp³-hybridized carbons (Fsp3) is 0.692. The molecule has 0 saturated carbocycles. The number of carbonyl (C=O) groups is 1. The van der Waals surface area contributed by atoms with E-state index in [4.69, 9.17) is 0 Å². The first-order valence-corrected chi connectivity index (χ1v) is 6.39. The molecule has 1 fully saturated rings. The van der Waals surface area contributed by atoms with E-state index in [2.05, 4.69) is 17.3 Å². The molecule has 0 aromatic carbocycles. The zero-order valence-electron chi connectivity index (χ0n) is 10.7. The first kappa shape index (κ1) is 12.3. The van der Waals surface area contributed by atoms with Gasteiger partial charge in [-0.1, -0.05) is 6.92 Å². The van der Waals surface area contributed by atoms with Crippen molar-refractivity contribution in [3.63, 3.8) is 0 Å². The first-order chi connectivity index (χ1) is 8.18. The summed E-state index contributed by atoms with van der Waals surface area (Å²) in [5.74, 6) is 0.409. The van der Waals surface area contributed by atoms with Gasteiger partial charge in [-0.25, -0.2) is 0 Å². The second-order valence-electron chi connectivity index (χ2n) is 4.93. The average molecular weight is 235 g/mol. The Kier molecular flexibility index (Phi) is 3.62. The summed E-state index contributed by atoms with van der Waals surface area (Å²) in [6, 6.07) is 1.98. The van der Waals surface area contributed by atoms with E-state index < -0.39 is 0 Å². The fourth-order valence-electron chi connectivity index (χ4n) is 2.63. The first-order valence-electron chi connectivity index (χ1n) is 6.39. The molecule has 0 aliphatic carbocycles. The van der Waals surface area contributed by atoms with Crippen LogP contribution in [-0.4, -0.2) is 28.7 Å². The summed E-state index contributed by atoms with van der Waals surface area (Å²) in [5.41, 5.74) is 1.04. The average Bonchev–Trinajstić information content (AvgIpc) is 2.95. The number of rotatable bonds is 5. The van der Waals surface area contributed by atoms with Crippen molar-refractivity contribution < 1.29 is 4.79 Å². The van der Waals surface area contributed by atoms with E-state index in [0.717, 1.165) is 38.0 Å². The topological polar surface area (TPSA) is 46.9 Å². The van der Waals surface area contributed by atoms with Gasteiger partial charge >= 0.3 is 0 Å². The summed E-state index contributed by atoms with van der Waals surface area (Å²) in [6.45, 7) is 3.95. The predicted octanol–water partition coefficient (Wildman–Crippen LogP) is 1.31. The van der Waals surface area contributed by atoms with Gasteiger partial charge in [0.2, 0.25) is 0 Å². The van der Waals surface area contributed by atoms with Crippen molar-refractivity contribution in [2.75, 3.05) is 13.1 Å². The monoisotopic (exact) mass is 235 g/mol. The van der Waals surface area contributed by atoms with Crippen LogP contribution >= 0.6 is 0 Å². The molecule has 17 heavy (non-hydrogen) atoms. The van der Waals surface area contributed by atoms with Crippen molar-refractivity contribution >= 4 is 5.78 Å². The number of nitrogens with one attached hydrogen (secondary N) is 1. The van der Waals surface area contributed by atoms with E-state index >= 15 is 0 Å². The lowest BCUT2D eigenvalue weighted by Gasteiger charge is -2.24. The lowest BCUT2D eigenvalue weighted by atomic mass is 9.78. The minimum atomic E-state index is -0.0986. The molecule has 4 nitrogen and oxygen atoms in total. The summed E-state index contributed by atoms with van der Waals surface area (Å²) in [7, 11) is 1.92. The molecule has 1 N–H and O–H groups in total. The molecule has 2 rings (SSSR count). The Bertz CT molecular complexity index is 391. The van der Waals surface area contributed by atoms with Crippen molar-refractivity contribution in [3.05, 3.63) is 18.0 Å². The summed E-state index contributed by atoms with van der Waals surface area (Å²) >= 11 is 0. The molecule has 1 aromatic rings. The van der Waals surface area contributed by atoms with Crippen molar-refractivity contribution in [1.82, 2.24) is 15.1 Å². The van der Waals surface area contributed by atoms with Crippen molar-refractivity contribution in [2.24, 2.45) is 12.5 Å². The van der Waals surface area contributed by atoms with E-state index in [0.29, 0.717) is 12.2 Å². The van der Waals surface area contributed by atoms with Crippen molar-refractivity contribution in [2.45, 2.75) is 32.6 Å². The summed E-state index contributed by atoms with van der Waals surface area (Å²) in [5, 5.41) is 7.43. The van der Waals surface area contributed by atoms with Crippen LogP contribution in [0.25, 0.3) is 0 Å². The smallest absolute Gasteiger partial charge is 0.140 e. The predicted molar refractivity (Wildman–Crippen MR) is 66.7 cm³/mol. The van der Waals surface area contributed by atoms with Crippen LogP contribution in [0.3, 0.4) is 0 Å². The number of nitrogens with zero attached hydrogens (tertiary/aromatic N) is 2. The minimum Gasteiger partial charge on any atom is -0.316 e. The van der Waals surface area contributed by atoms with Crippen LogP contribution in [-0.2, 0) is 18.3 Å². The van der Waals surface area contributed by atoms with Crippen LogP contribution in [0.2, 0.25) is 0 Å². The molecule has 0 radical (unpaired) electrons. The SMILES string of the molecule is CCC1(C(=O)CCc2ccnn2C)CCNC1. The number of hydrogen-bond acceptors (Lipinski definition) is 3. The van der Waals surface area contributed by atoms with Gasteiger partial charge in [-0.3, -0.25) is 9.48 Å². The highest BCUT2D eigenvalue weighted by atomic mass is 16.1. The molecule has 0 bridgehead atoms. The Balaban J connectivity index is 1.95.